The van der Waals surface area contributed by atoms with Crippen molar-refractivity contribution in [3.63, 3.8) is 0 Å². The largest absolute Gasteiger partial charge is 0.372 e. The first-order chi connectivity index (χ1) is 13.0. The molecule has 1 saturated carbocycles. The number of likely N-dealkylation sites (tertiary alicyclic amines) is 1. The van der Waals surface area contributed by atoms with Gasteiger partial charge in [-0.2, -0.15) is 0 Å². The van der Waals surface area contributed by atoms with Gasteiger partial charge in [0.1, 0.15) is 0 Å². The molecule has 1 aromatic carbocycles. The Bertz CT molecular complexity index is 673. The van der Waals surface area contributed by atoms with Crippen molar-refractivity contribution in [3.8, 4) is 0 Å². The summed E-state index contributed by atoms with van der Waals surface area (Å²) in [5, 5.41) is 2.85. The van der Waals surface area contributed by atoms with Crippen molar-refractivity contribution in [3.05, 3.63) is 24.3 Å². The summed E-state index contributed by atoms with van der Waals surface area (Å²) in [6.45, 7) is 6.25. The molecule has 6 heteroatoms. The van der Waals surface area contributed by atoms with Crippen molar-refractivity contribution >= 4 is 29.1 Å². The molecule has 0 bridgehead atoms. The molecule has 1 N–H and O–H groups in total. The zero-order valence-corrected chi connectivity index (χ0v) is 16.2. The third-order valence-electron chi connectivity index (χ3n) is 5.77. The lowest BCUT2D eigenvalue weighted by molar-refractivity contribution is -0.140. The Labute approximate surface area is 160 Å². The molecule has 1 aliphatic carbocycles. The molecule has 2 unspecified atom stereocenters. The summed E-state index contributed by atoms with van der Waals surface area (Å²) in [6, 6.07) is 7.74. The topological polar surface area (TPSA) is 69.7 Å². The summed E-state index contributed by atoms with van der Waals surface area (Å²) in [5.74, 6) is -0.646. The number of hydrogen-bond donors (Lipinski definition) is 1. The van der Waals surface area contributed by atoms with Gasteiger partial charge >= 0.3 is 0 Å². The van der Waals surface area contributed by atoms with E-state index in [-0.39, 0.29) is 42.5 Å². The maximum atomic E-state index is 12.4. The molecular formula is C21H29N3O3. The van der Waals surface area contributed by atoms with Gasteiger partial charge in [0.15, 0.2) is 0 Å². The first-order valence-corrected chi connectivity index (χ1v) is 10.0. The second-order valence-electron chi connectivity index (χ2n) is 7.34. The summed E-state index contributed by atoms with van der Waals surface area (Å²) in [4.78, 5) is 40.7. The number of carbonyl (C=O) groups excluding carboxylic acids is 3. The number of hydrogen-bond acceptors (Lipinski definition) is 4. The average molecular weight is 371 g/mol. The van der Waals surface area contributed by atoms with Gasteiger partial charge in [0.2, 0.25) is 17.7 Å². The molecule has 3 rings (SSSR count). The number of imide groups is 1. The molecule has 1 aromatic rings. The van der Waals surface area contributed by atoms with Gasteiger partial charge in [0.05, 0.1) is 11.8 Å². The Morgan fingerprint density at radius 1 is 1.04 bits per heavy atom. The average Bonchev–Trinajstić information content (AvgIpc) is 2.93. The molecule has 1 heterocycles. The van der Waals surface area contributed by atoms with Gasteiger partial charge < -0.3 is 10.2 Å². The standard InChI is InChI=1S/C21H29N3O3/c1-3-23(4-2)16-11-9-15(10-12-16)22-19(25)13-14-24-20(26)17-7-5-6-8-18(17)21(24)27/h9-12,17-18H,3-8,13-14H2,1-2H3,(H,22,25). The molecule has 6 nitrogen and oxygen atoms in total. The van der Waals surface area contributed by atoms with E-state index in [1.165, 1.54) is 4.90 Å². The molecule has 0 radical (unpaired) electrons. The number of benzene rings is 1. The van der Waals surface area contributed by atoms with Crippen LogP contribution in [0.15, 0.2) is 24.3 Å². The minimum absolute atomic E-state index is 0.0823. The Kier molecular flexibility index (Phi) is 6.14. The van der Waals surface area contributed by atoms with Gasteiger partial charge in [0.25, 0.3) is 0 Å². The van der Waals surface area contributed by atoms with E-state index >= 15 is 0 Å². The van der Waals surface area contributed by atoms with Crippen molar-refractivity contribution in [1.82, 2.24) is 4.90 Å². The normalized spacial score (nSPS) is 21.9. The monoisotopic (exact) mass is 371 g/mol. The molecular weight excluding hydrogens is 342 g/mol. The van der Waals surface area contributed by atoms with Crippen LogP contribution in [0.2, 0.25) is 0 Å². The molecule has 2 atom stereocenters. The first-order valence-electron chi connectivity index (χ1n) is 10.0. The van der Waals surface area contributed by atoms with Crippen LogP contribution in [-0.4, -0.2) is 42.3 Å². The van der Waals surface area contributed by atoms with E-state index in [0.717, 1.165) is 50.1 Å². The van der Waals surface area contributed by atoms with E-state index in [1.54, 1.807) is 0 Å². The zero-order valence-electron chi connectivity index (χ0n) is 16.2. The fraction of sp³-hybridized carbons (Fsp3) is 0.571. The van der Waals surface area contributed by atoms with Crippen LogP contribution in [0.1, 0.15) is 46.0 Å². The van der Waals surface area contributed by atoms with Crippen LogP contribution >= 0.6 is 0 Å². The van der Waals surface area contributed by atoms with Crippen LogP contribution in [0, 0.1) is 11.8 Å². The Hall–Kier alpha value is -2.37. The lowest BCUT2D eigenvalue weighted by Crippen LogP contribution is -2.34. The van der Waals surface area contributed by atoms with E-state index in [1.807, 2.05) is 24.3 Å². The number of carbonyl (C=O) groups is 3. The molecule has 2 aliphatic rings. The summed E-state index contributed by atoms with van der Waals surface area (Å²) in [7, 11) is 0. The highest BCUT2D eigenvalue weighted by Gasteiger charge is 2.47. The molecule has 0 spiro atoms. The highest BCUT2D eigenvalue weighted by Crippen LogP contribution is 2.37. The van der Waals surface area contributed by atoms with Gasteiger partial charge in [-0.3, -0.25) is 19.3 Å². The fourth-order valence-corrected chi connectivity index (χ4v) is 4.23. The minimum atomic E-state index is -0.180. The van der Waals surface area contributed by atoms with Crippen molar-refractivity contribution in [2.45, 2.75) is 46.0 Å². The second kappa shape index (κ2) is 8.55. The number of fused-ring (bicyclic) bond motifs is 1. The van der Waals surface area contributed by atoms with Crippen LogP contribution in [0.4, 0.5) is 11.4 Å². The molecule has 27 heavy (non-hydrogen) atoms. The SMILES string of the molecule is CCN(CC)c1ccc(NC(=O)CCN2C(=O)C3CCCCC3C2=O)cc1. The van der Waals surface area contributed by atoms with Crippen molar-refractivity contribution in [2.75, 3.05) is 29.9 Å². The molecule has 1 aliphatic heterocycles. The van der Waals surface area contributed by atoms with E-state index < -0.39 is 0 Å². The highest BCUT2D eigenvalue weighted by molar-refractivity contribution is 6.05. The lowest BCUT2D eigenvalue weighted by Gasteiger charge is -2.21. The van der Waals surface area contributed by atoms with Crippen LogP contribution in [-0.2, 0) is 14.4 Å². The fourth-order valence-electron chi connectivity index (χ4n) is 4.23. The van der Waals surface area contributed by atoms with Crippen LogP contribution in [0.5, 0.6) is 0 Å². The summed E-state index contributed by atoms with van der Waals surface area (Å²) >= 11 is 0. The summed E-state index contributed by atoms with van der Waals surface area (Å²) < 4.78 is 0. The molecule has 3 amide bonds. The highest BCUT2D eigenvalue weighted by atomic mass is 16.2. The number of anilines is 2. The van der Waals surface area contributed by atoms with Gasteiger partial charge in [-0.25, -0.2) is 0 Å². The number of nitrogens with one attached hydrogen (secondary N) is 1. The number of nitrogens with zero attached hydrogens (tertiary/aromatic N) is 2. The third kappa shape index (κ3) is 4.15. The van der Waals surface area contributed by atoms with Gasteiger partial charge in [-0.05, 0) is 51.0 Å². The van der Waals surface area contributed by atoms with Gasteiger partial charge in [-0.1, -0.05) is 12.8 Å². The van der Waals surface area contributed by atoms with Crippen molar-refractivity contribution in [2.24, 2.45) is 11.8 Å². The predicted octanol–water partition coefficient (Wildman–Crippen LogP) is 3.04. The maximum Gasteiger partial charge on any atom is 0.233 e. The first kappa shape index (κ1) is 19.4. The van der Waals surface area contributed by atoms with Gasteiger partial charge in [-0.15, -0.1) is 0 Å². The smallest absolute Gasteiger partial charge is 0.233 e. The number of rotatable bonds is 7. The van der Waals surface area contributed by atoms with Crippen LogP contribution in [0.3, 0.4) is 0 Å². The summed E-state index contributed by atoms with van der Waals surface area (Å²) in [5.41, 5.74) is 1.84. The molecule has 2 fully saturated rings. The summed E-state index contributed by atoms with van der Waals surface area (Å²) in [6.07, 6.45) is 3.76. The zero-order chi connectivity index (χ0) is 19.4. The van der Waals surface area contributed by atoms with Crippen LogP contribution < -0.4 is 10.2 Å². The van der Waals surface area contributed by atoms with E-state index in [0.29, 0.717) is 0 Å². The van der Waals surface area contributed by atoms with Crippen molar-refractivity contribution < 1.29 is 14.4 Å². The lowest BCUT2D eigenvalue weighted by atomic mass is 9.81. The van der Waals surface area contributed by atoms with E-state index in [9.17, 15) is 14.4 Å². The predicted molar refractivity (Wildman–Crippen MR) is 105 cm³/mol. The van der Waals surface area contributed by atoms with Gasteiger partial charge in [0, 0.05) is 37.4 Å². The Balaban J connectivity index is 1.52. The van der Waals surface area contributed by atoms with E-state index in [2.05, 4.69) is 24.1 Å². The maximum absolute atomic E-state index is 12.4. The molecule has 1 saturated heterocycles. The van der Waals surface area contributed by atoms with Crippen LogP contribution in [0.25, 0.3) is 0 Å². The molecule has 0 aromatic heterocycles. The quantitative estimate of drug-likeness (QED) is 0.748. The van der Waals surface area contributed by atoms with Crippen molar-refractivity contribution in [1.29, 1.82) is 0 Å². The minimum Gasteiger partial charge on any atom is -0.372 e. The third-order valence-corrected chi connectivity index (χ3v) is 5.77. The Morgan fingerprint density at radius 3 is 2.11 bits per heavy atom. The molecule has 146 valence electrons. The number of amides is 3. The Morgan fingerprint density at radius 2 is 1.59 bits per heavy atom. The van der Waals surface area contributed by atoms with E-state index in [4.69, 9.17) is 0 Å². The second-order valence-corrected chi connectivity index (χ2v) is 7.34.